The quantitative estimate of drug-likeness (QED) is 0.591. The summed E-state index contributed by atoms with van der Waals surface area (Å²) in [5, 5.41) is 9.74. The average molecular weight is 348 g/mol. The van der Waals surface area contributed by atoms with Crippen LogP contribution in [-0.4, -0.2) is 30.5 Å². The van der Waals surface area contributed by atoms with Crippen LogP contribution in [-0.2, 0) is 0 Å². The third-order valence-corrected chi connectivity index (χ3v) is 5.06. The van der Waals surface area contributed by atoms with Crippen LogP contribution >= 0.6 is 0 Å². The fourth-order valence-corrected chi connectivity index (χ4v) is 3.73. The van der Waals surface area contributed by atoms with Gasteiger partial charge in [-0.15, -0.1) is 5.10 Å². The van der Waals surface area contributed by atoms with Gasteiger partial charge < -0.3 is 4.98 Å². The summed E-state index contributed by atoms with van der Waals surface area (Å²) in [6, 6.07) is 8.36. The van der Waals surface area contributed by atoms with Crippen molar-refractivity contribution in [2.75, 3.05) is 0 Å². The molecule has 6 nitrogen and oxygen atoms in total. The van der Waals surface area contributed by atoms with Gasteiger partial charge in [0.2, 0.25) is 0 Å². The molecule has 3 heterocycles. The number of benzene rings is 1. The van der Waals surface area contributed by atoms with Crippen molar-refractivity contribution in [3.05, 3.63) is 54.4 Å². The van der Waals surface area contributed by atoms with Crippen molar-refractivity contribution in [2.45, 2.75) is 31.6 Å². The van der Waals surface area contributed by atoms with Gasteiger partial charge in [0, 0.05) is 23.2 Å². The fraction of sp³-hybridized carbons (Fsp3) is 0.263. The SMILES string of the molecule is Fc1ccc(N=C2CCC(c3nnn4cnc5[nH]ccc5c34)CC2)cc1. The van der Waals surface area contributed by atoms with Gasteiger partial charge in [0.25, 0.3) is 0 Å². The van der Waals surface area contributed by atoms with E-state index in [9.17, 15) is 4.39 Å². The minimum Gasteiger partial charge on any atom is -0.346 e. The minimum absolute atomic E-state index is 0.234. The maximum Gasteiger partial charge on any atom is 0.141 e. The predicted octanol–water partition coefficient (Wildman–Crippen LogP) is 4.18. The summed E-state index contributed by atoms with van der Waals surface area (Å²) >= 11 is 0. The lowest BCUT2D eigenvalue weighted by molar-refractivity contribution is 0.555. The number of aromatic nitrogens is 5. The minimum atomic E-state index is -0.234. The van der Waals surface area contributed by atoms with Crippen LogP contribution in [0.2, 0.25) is 0 Å². The number of halogens is 1. The number of aliphatic imine (C=N–C) groups is 1. The second-order valence-electron chi connectivity index (χ2n) is 6.68. The van der Waals surface area contributed by atoms with E-state index in [0.717, 1.165) is 59.3 Å². The first-order chi connectivity index (χ1) is 12.8. The molecule has 26 heavy (non-hydrogen) atoms. The van der Waals surface area contributed by atoms with E-state index in [4.69, 9.17) is 0 Å². The van der Waals surface area contributed by atoms with E-state index in [1.54, 1.807) is 23.0 Å². The molecule has 0 saturated heterocycles. The Bertz CT molecular complexity index is 1100. The molecule has 3 aromatic heterocycles. The van der Waals surface area contributed by atoms with Gasteiger partial charge >= 0.3 is 0 Å². The molecular formula is C19H17FN6. The van der Waals surface area contributed by atoms with Crippen molar-refractivity contribution < 1.29 is 4.39 Å². The summed E-state index contributed by atoms with van der Waals surface area (Å²) in [5.41, 5.74) is 4.92. The Hall–Kier alpha value is -3.09. The number of rotatable bonds is 2. The van der Waals surface area contributed by atoms with E-state index in [1.807, 2.05) is 12.3 Å². The highest BCUT2D eigenvalue weighted by Gasteiger charge is 2.25. The van der Waals surface area contributed by atoms with Gasteiger partial charge in [-0.05, 0) is 56.0 Å². The summed E-state index contributed by atoms with van der Waals surface area (Å²) in [4.78, 5) is 12.2. The van der Waals surface area contributed by atoms with Crippen molar-refractivity contribution in [2.24, 2.45) is 4.99 Å². The maximum atomic E-state index is 13.0. The Kier molecular flexibility index (Phi) is 3.51. The zero-order valence-corrected chi connectivity index (χ0v) is 14.1. The molecule has 0 spiro atoms. The van der Waals surface area contributed by atoms with Crippen LogP contribution in [0.4, 0.5) is 10.1 Å². The molecule has 130 valence electrons. The molecule has 1 saturated carbocycles. The van der Waals surface area contributed by atoms with Gasteiger partial charge in [-0.2, -0.15) is 0 Å². The van der Waals surface area contributed by atoms with Crippen molar-refractivity contribution in [1.29, 1.82) is 0 Å². The van der Waals surface area contributed by atoms with Crippen LogP contribution < -0.4 is 0 Å². The normalized spacial score (nSPS) is 17.9. The Labute approximate surface area is 148 Å². The topological polar surface area (TPSA) is 71.2 Å². The molecule has 0 bridgehead atoms. The number of hydrogen-bond donors (Lipinski definition) is 1. The monoisotopic (exact) mass is 348 g/mol. The molecule has 0 unspecified atom stereocenters. The van der Waals surface area contributed by atoms with Crippen LogP contribution in [0.1, 0.15) is 37.3 Å². The summed E-state index contributed by atoms with van der Waals surface area (Å²) < 4.78 is 14.8. The Morgan fingerprint density at radius 2 is 1.92 bits per heavy atom. The van der Waals surface area contributed by atoms with Crippen LogP contribution in [0.25, 0.3) is 16.6 Å². The van der Waals surface area contributed by atoms with Crippen LogP contribution in [0.15, 0.2) is 47.8 Å². The number of H-pyrrole nitrogens is 1. The average Bonchev–Trinajstić information content (AvgIpc) is 3.30. The molecule has 1 N–H and O–H groups in total. The molecule has 1 fully saturated rings. The standard InChI is InChI=1S/C19H17FN6/c20-13-3-7-15(8-4-13)23-14-5-1-12(2-6-14)17-18-16-9-10-21-19(16)22-11-26(18)25-24-17/h3-4,7-12,21H,1-2,5-6H2. The maximum absolute atomic E-state index is 13.0. The number of fused-ring (bicyclic) bond motifs is 3. The van der Waals surface area contributed by atoms with Gasteiger partial charge in [-0.1, -0.05) is 5.21 Å². The van der Waals surface area contributed by atoms with Crippen molar-refractivity contribution in [3.8, 4) is 0 Å². The van der Waals surface area contributed by atoms with E-state index in [2.05, 4.69) is 25.3 Å². The van der Waals surface area contributed by atoms with Crippen LogP contribution in [0, 0.1) is 5.82 Å². The molecule has 0 atom stereocenters. The third kappa shape index (κ3) is 2.56. The lowest BCUT2D eigenvalue weighted by atomic mass is 9.85. The molecule has 1 aliphatic carbocycles. The lowest BCUT2D eigenvalue weighted by Gasteiger charge is -2.21. The Morgan fingerprint density at radius 1 is 1.12 bits per heavy atom. The fourth-order valence-electron chi connectivity index (χ4n) is 3.73. The van der Waals surface area contributed by atoms with Gasteiger partial charge in [-0.3, -0.25) is 4.99 Å². The Balaban J connectivity index is 1.41. The van der Waals surface area contributed by atoms with Gasteiger partial charge in [-0.25, -0.2) is 13.9 Å². The molecule has 0 radical (unpaired) electrons. The molecule has 0 amide bonds. The zero-order chi connectivity index (χ0) is 17.5. The first kappa shape index (κ1) is 15.2. The number of nitrogens with one attached hydrogen (secondary N) is 1. The predicted molar refractivity (Wildman–Crippen MR) is 97.3 cm³/mol. The van der Waals surface area contributed by atoms with Gasteiger partial charge in [0.15, 0.2) is 0 Å². The van der Waals surface area contributed by atoms with E-state index in [-0.39, 0.29) is 5.82 Å². The summed E-state index contributed by atoms with van der Waals surface area (Å²) in [5.74, 6) is 0.127. The highest BCUT2D eigenvalue weighted by molar-refractivity contribution is 5.93. The smallest absolute Gasteiger partial charge is 0.141 e. The van der Waals surface area contributed by atoms with Crippen molar-refractivity contribution in [1.82, 2.24) is 24.8 Å². The molecule has 4 aromatic rings. The molecule has 7 heteroatoms. The summed E-state index contributed by atoms with van der Waals surface area (Å²) in [6.45, 7) is 0. The van der Waals surface area contributed by atoms with Crippen LogP contribution in [0.5, 0.6) is 0 Å². The van der Waals surface area contributed by atoms with Crippen LogP contribution in [0.3, 0.4) is 0 Å². The first-order valence-electron chi connectivity index (χ1n) is 8.77. The van der Waals surface area contributed by atoms with Gasteiger partial charge in [0.1, 0.15) is 23.3 Å². The Morgan fingerprint density at radius 3 is 2.73 bits per heavy atom. The van der Waals surface area contributed by atoms with Crippen molar-refractivity contribution >= 4 is 27.9 Å². The third-order valence-electron chi connectivity index (χ3n) is 5.06. The lowest BCUT2D eigenvalue weighted by Crippen LogP contribution is -2.13. The molecule has 1 aromatic carbocycles. The molecular weight excluding hydrogens is 331 g/mol. The van der Waals surface area contributed by atoms with E-state index in [1.165, 1.54) is 12.1 Å². The second-order valence-corrected chi connectivity index (χ2v) is 6.68. The van der Waals surface area contributed by atoms with E-state index < -0.39 is 0 Å². The molecule has 1 aliphatic rings. The zero-order valence-electron chi connectivity index (χ0n) is 14.1. The van der Waals surface area contributed by atoms with E-state index >= 15 is 0 Å². The summed E-state index contributed by atoms with van der Waals surface area (Å²) in [7, 11) is 0. The summed E-state index contributed by atoms with van der Waals surface area (Å²) in [6.07, 6.45) is 7.41. The number of nitrogens with zero attached hydrogens (tertiary/aromatic N) is 5. The highest BCUT2D eigenvalue weighted by atomic mass is 19.1. The second kappa shape index (κ2) is 6.01. The van der Waals surface area contributed by atoms with Gasteiger partial charge in [0.05, 0.1) is 11.4 Å². The molecule has 0 aliphatic heterocycles. The first-order valence-corrected chi connectivity index (χ1v) is 8.77. The largest absolute Gasteiger partial charge is 0.346 e. The number of aromatic amines is 1. The number of hydrogen-bond acceptors (Lipinski definition) is 4. The highest BCUT2D eigenvalue weighted by Crippen LogP contribution is 2.35. The molecule has 5 rings (SSSR count). The van der Waals surface area contributed by atoms with Crippen molar-refractivity contribution in [3.63, 3.8) is 0 Å². The van der Waals surface area contributed by atoms with E-state index in [0.29, 0.717) is 5.92 Å².